The summed E-state index contributed by atoms with van der Waals surface area (Å²) in [6.07, 6.45) is 1.84. The molecule has 0 bridgehead atoms. The van der Waals surface area contributed by atoms with Crippen LogP contribution in [0.25, 0.3) is 0 Å². The normalized spacial score (nSPS) is 22.0. The monoisotopic (exact) mass is 704 g/mol. The first-order valence-corrected chi connectivity index (χ1v) is 17.6. The third-order valence-electron chi connectivity index (χ3n) is 9.56. The summed E-state index contributed by atoms with van der Waals surface area (Å²) in [7, 11) is 1.57. The Balaban J connectivity index is 1.55. The van der Waals surface area contributed by atoms with Gasteiger partial charge < -0.3 is 35.0 Å². The van der Waals surface area contributed by atoms with Gasteiger partial charge in [0.05, 0.1) is 36.0 Å². The van der Waals surface area contributed by atoms with Crippen molar-refractivity contribution in [2.75, 3.05) is 44.0 Å². The highest BCUT2D eigenvalue weighted by atomic mass is 19.4. The van der Waals surface area contributed by atoms with Crippen LogP contribution >= 0.6 is 0 Å². The number of carbonyl (C=O) groups excluding carboxylic acids is 3. The summed E-state index contributed by atoms with van der Waals surface area (Å²) in [5.41, 5.74) is 0.170. The van der Waals surface area contributed by atoms with Gasteiger partial charge in [-0.05, 0) is 88.4 Å². The maximum Gasteiger partial charge on any atom is 0.416 e. The van der Waals surface area contributed by atoms with Gasteiger partial charge in [-0.2, -0.15) is 13.2 Å². The quantitative estimate of drug-likeness (QED) is 0.281. The van der Waals surface area contributed by atoms with E-state index in [9.17, 15) is 32.7 Å². The first-order valence-electron chi connectivity index (χ1n) is 17.6. The molecule has 0 spiro atoms. The summed E-state index contributed by atoms with van der Waals surface area (Å²) in [6.45, 7) is 5.99. The fourth-order valence-corrected chi connectivity index (χ4v) is 6.39. The molecule has 4 atom stereocenters. The highest BCUT2D eigenvalue weighted by molar-refractivity contribution is 6.00. The second-order valence-corrected chi connectivity index (χ2v) is 13.7. The molecule has 0 saturated heterocycles. The predicted octanol–water partition coefficient (Wildman–Crippen LogP) is 7.18. The molecule has 1 fully saturated rings. The van der Waals surface area contributed by atoms with Gasteiger partial charge in [0.1, 0.15) is 5.75 Å². The Bertz CT molecular complexity index is 1430. The molecule has 4 rings (SSSR count). The lowest BCUT2D eigenvalue weighted by Crippen LogP contribution is -2.48. The SMILES string of the molecule is C[C@@H]1CCCCO[C@@H](CN(C)C(=O)Nc2ccc(C(F)(F)F)cc2)[C@@H](C)CN([C@@H](C)CO)C(=O)c2cc(NC(=O)C3CCCCC3)ccc2O1. The van der Waals surface area contributed by atoms with Crippen LogP contribution in [0.5, 0.6) is 5.75 Å². The van der Waals surface area contributed by atoms with E-state index in [0.717, 1.165) is 57.1 Å². The highest BCUT2D eigenvalue weighted by Gasteiger charge is 2.32. The lowest BCUT2D eigenvalue weighted by molar-refractivity contribution is -0.137. The maximum absolute atomic E-state index is 14.4. The minimum Gasteiger partial charge on any atom is -0.490 e. The number of likely N-dealkylation sites (N-methyl/N-ethyl adjacent to an activating group) is 1. The molecule has 13 heteroatoms. The number of aliphatic hydroxyl groups is 1. The van der Waals surface area contributed by atoms with Gasteiger partial charge in [0, 0.05) is 50.0 Å². The number of benzene rings is 2. The van der Waals surface area contributed by atoms with Crippen LogP contribution < -0.4 is 15.4 Å². The highest BCUT2D eigenvalue weighted by Crippen LogP contribution is 2.31. The van der Waals surface area contributed by atoms with Gasteiger partial charge in [0.2, 0.25) is 5.91 Å². The molecule has 4 amide bonds. The molecule has 50 heavy (non-hydrogen) atoms. The van der Waals surface area contributed by atoms with Crippen molar-refractivity contribution in [1.82, 2.24) is 9.80 Å². The molecule has 1 saturated carbocycles. The zero-order valence-corrected chi connectivity index (χ0v) is 29.4. The number of carbonyl (C=O) groups is 3. The largest absolute Gasteiger partial charge is 0.490 e. The van der Waals surface area contributed by atoms with Crippen LogP contribution in [-0.4, -0.2) is 84.4 Å². The number of hydrogen-bond donors (Lipinski definition) is 3. The van der Waals surface area contributed by atoms with Crippen molar-refractivity contribution in [2.24, 2.45) is 11.8 Å². The second-order valence-electron chi connectivity index (χ2n) is 13.7. The molecule has 0 aromatic heterocycles. The number of fused-ring (bicyclic) bond motifs is 1. The second kappa shape index (κ2) is 17.9. The number of anilines is 2. The maximum atomic E-state index is 14.4. The Morgan fingerprint density at radius 3 is 2.30 bits per heavy atom. The molecule has 2 aromatic rings. The van der Waals surface area contributed by atoms with E-state index in [4.69, 9.17) is 9.47 Å². The van der Waals surface area contributed by atoms with Crippen molar-refractivity contribution < 1.29 is 42.1 Å². The summed E-state index contributed by atoms with van der Waals surface area (Å²) in [4.78, 5) is 43.5. The summed E-state index contributed by atoms with van der Waals surface area (Å²) in [5.74, 6) is -0.421. The number of nitrogens with one attached hydrogen (secondary N) is 2. The van der Waals surface area contributed by atoms with E-state index in [1.165, 1.54) is 17.0 Å². The van der Waals surface area contributed by atoms with Crippen LogP contribution in [0.4, 0.5) is 29.3 Å². The Labute approximate surface area is 292 Å². The van der Waals surface area contributed by atoms with Gasteiger partial charge in [-0.3, -0.25) is 9.59 Å². The van der Waals surface area contributed by atoms with Gasteiger partial charge in [-0.1, -0.05) is 26.2 Å². The number of alkyl halides is 3. The van der Waals surface area contributed by atoms with E-state index in [1.807, 2.05) is 13.8 Å². The number of amides is 4. The summed E-state index contributed by atoms with van der Waals surface area (Å²) in [6, 6.07) is 8.22. The summed E-state index contributed by atoms with van der Waals surface area (Å²) < 4.78 is 51.6. The predicted molar refractivity (Wildman–Crippen MR) is 185 cm³/mol. The van der Waals surface area contributed by atoms with Crippen molar-refractivity contribution in [1.29, 1.82) is 0 Å². The number of nitrogens with zero attached hydrogens (tertiary/aromatic N) is 2. The zero-order valence-electron chi connectivity index (χ0n) is 29.4. The average molecular weight is 705 g/mol. The summed E-state index contributed by atoms with van der Waals surface area (Å²) >= 11 is 0. The van der Waals surface area contributed by atoms with Gasteiger partial charge in [0.15, 0.2) is 0 Å². The van der Waals surface area contributed by atoms with E-state index in [-0.39, 0.29) is 60.7 Å². The number of ether oxygens (including phenoxy) is 2. The van der Waals surface area contributed by atoms with E-state index in [2.05, 4.69) is 10.6 Å². The fourth-order valence-electron chi connectivity index (χ4n) is 6.39. The van der Waals surface area contributed by atoms with Crippen molar-refractivity contribution in [3.8, 4) is 5.75 Å². The molecule has 1 aliphatic heterocycles. The number of halogens is 3. The third kappa shape index (κ3) is 10.8. The lowest BCUT2D eigenvalue weighted by Gasteiger charge is -2.35. The molecule has 0 unspecified atom stereocenters. The molecule has 1 heterocycles. The Hall–Kier alpha value is -3.84. The van der Waals surface area contributed by atoms with Crippen molar-refractivity contribution >= 4 is 29.2 Å². The number of rotatable bonds is 7. The van der Waals surface area contributed by atoms with Crippen LogP contribution in [0.2, 0.25) is 0 Å². The zero-order chi connectivity index (χ0) is 36.4. The number of hydrogen-bond acceptors (Lipinski definition) is 6. The van der Waals surface area contributed by atoms with Gasteiger partial charge in [-0.25, -0.2) is 4.79 Å². The summed E-state index contributed by atoms with van der Waals surface area (Å²) in [5, 5.41) is 15.9. The van der Waals surface area contributed by atoms with Gasteiger partial charge in [-0.15, -0.1) is 0 Å². The van der Waals surface area contributed by atoms with Crippen LogP contribution in [-0.2, 0) is 15.7 Å². The van der Waals surface area contributed by atoms with Gasteiger partial charge >= 0.3 is 12.2 Å². The molecule has 1 aliphatic carbocycles. The van der Waals surface area contributed by atoms with Crippen molar-refractivity contribution in [3.05, 3.63) is 53.6 Å². The van der Waals surface area contributed by atoms with E-state index in [1.54, 1.807) is 37.1 Å². The Morgan fingerprint density at radius 1 is 0.980 bits per heavy atom. The van der Waals surface area contributed by atoms with E-state index < -0.39 is 29.9 Å². The van der Waals surface area contributed by atoms with Crippen molar-refractivity contribution in [2.45, 2.75) is 96.6 Å². The fraction of sp³-hybridized carbons (Fsp3) is 0.595. The molecule has 10 nitrogen and oxygen atoms in total. The lowest BCUT2D eigenvalue weighted by atomic mass is 9.88. The Morgan fingerprint density at radius 2 is 1.64 bits per heavy atom. The number of aliphatic hydroxyl groups excluding tert-OH is 1. The van der Waals surface area contributed by atoms with Crippen LogP contribution in [0.1, 0.15) is 88.1 Å². The van der Waals surface area contributed by atoms with Gasteiger partial charge in [0.25, 0.3) is 5.91 Å². The minimum atomic E-state index is -4.48. The van der Waals surface area contributed by atoms with Crippen molar-refractivity contribution in [3.63, 3.8) is 0 Å². The minimum absolute atomic E-state index is 0.0621. The number of urea groups is 1. The molecule has 2 aliphatic rings. The molecular weight excluding hydrogens is 653 g/mol. The van der Waals surface area contributed by atoms with E-state index in [0.29, 0.717) is 24.5 Å². The van der Waals surface area contributed by atoms with E-state index >= 15 is 0 Å². The third-order valence-corrected chi connectivity index (χ3v) is 9.56. The topological polar surface area (TPSA) is 120 Å². The Kier molecular flexibility index (Phi) is 13.9. The first-order chi connectivity index (χ1) is 23.8. The standard InChI is InChI=1S/C37H51F3N4O6/c1-24-21-44(25(2)23-45)35(47)31-20-30(41-34(46)27-11-6-5-7-12-27)17-18-32(31)50-26(3)10-8-9-19-49-33(24)22-43(4)36(48)42-29-15-13-28(14-16-29)37(38,39)40/h13-18,20,24-27,33,45H,5-12,19,21-23H2,1-4H3,(H,41,46)(H,42,48)/t24-,25-,26+,33-/m0/s1. The van der Waals surface area contributed by atoms with Crippen LogP contribution in [0, 0.1) is 11.8 Å². The van der Waals surface area contributed by atoms with Crippen LogP contribution in [0.15, 0.2) is 42.5 Å². The smallest absolute Gasteiger partial charge is 0.416 e. The first kappa shape index (κ1) is 39.0. The molecule has 3 N–H and O–H groups in total. The average Bonchev–Trinajstić information content (AvgIpc) is 3.09. The molecule has 276 valence electrons. The molecule has 0 radical (unpaired) electrons. The van der Waals surface area contributed by atoms with Crippen LogP contribution in [0.3, 0.4) is 0 Å². The molecular formula is C37H51F3N4O6. The molecule has 2 aromatic carbocycles.